The van der Waals surface area contributed by atoms with Gasteiger partial charge >= 0.3 is 0 Å². The Kier molecular flexibility index (Phi) is 3.33. The molecule has 1 fully saturated rings. The second-order valence-electron chi connectivity index (χ2n) is 5.77. The summed E-state index contributed by atoms with van der Waals surface area (Å²) in [6, 6.07) is 0.585. The molecular weight excluding hydrogens is 254 g/mol. The van der Waals surface area contributed by atoms with Crippen LogP contribution in [0.3, 0.4) is 0 Å². The second kappa shape index (κ2) is 5.01. The van der Waals surface area contributed by atoms with Crippen molar-refractivity contribution in [2.45, 2.75) is 26.3 Å². The van der Waals surface area contributed by atoms with Crippen molar-refractivity contribution < 1.29 is 4.79 Å². The number of hydrogen-bond acceptors (Lipinski definition) is 5. The number of carbonyl (C=O) groups is 1. The van der Waals surface area contributed by atoms with Crippen molar-refractivity contribution in [2.75, 3.05) is 43.0 Å². The Hall–Kier alpha value is -1.69. The number of carbonyl (C=O) groups excluding carboxylic acids is 1. The average molecular weight is 275 g/mol. The average Bonchev–Trinajstić information content (AvgIpc) is 2.74. The van der Waals surface area contributed by atoms with Gasteiger partial charge in [0.25, 0.3) is 0 Å². The quantitative estimate of drug-likeness (QED) is 0.788. The highest BCUT2D eigenvalue weighted by molar-refractivity contribution is 5.99. The molecule has 0 bridgehead atoms. The summed E-state index contributed by atoms with van der Waals surface area (Å²) in [5.74, 6) is 1.61. The van der Waals surface area contributed by atoms with Crippen LogP contribution in [0.25, 0.3) is 0 Å². The molecule has 0 unspecified atom stereocenters. The van der Waals surface area contributed by atoms with Gasteiger partial charge in [-0.2, -0.15) is 4.98 Å². The van der Waals surface area contributed by atoms with Crippen LogP contribution in [0.5, 0.6) is 0 Å². The Labute approximate surface area is 119 Å². The van der Waals surface area contributed by atoms with E-state index in [0.29, 0.717) is 12.5 Å². The summed E-state index contributed by atoms with van der Waals surface area (Å²) in [6.45, 7) is 8.40. The number of amides is 1. The Morgan fingerprint density at radius 3 is 2.55 bits per heavy atom. The van der Waals surface area contributed by atoms with Crippen molar-refractivity contribution in [3.05, 3.63) is 11.8 Å². The molecule has 2 aliphatic heterocycles. The third kappa shape index (κ3) is 2.24. The van der Waals surface area contributed by atoms with Crippen LogP contribution in [-0.4, -0.2) is 60.0 Å². The van der Waals surface area contributed by atoms with E-state index >= 15 is 0 Å². The number of rotatable bonds is 2. The number of hydrogen-bond donors (Lipinski definition) is 0. The lowest BCUT2D eigenvalue weighted by molar-refractivity contribution is -0.117. The zero-order chi connectivity index (χ0) is 14.3. The minimum absolute atomic E-state index is 0.0936. The van der Waals surface area contributed by atoms with Crippen LogP contribution in [0.2, 0.25) is 0 Å². The molecule has 0 radical (unpaired) electrons. The summed E-state index contributed by atoms with van der Waals surface area (Å²) in [6.07, 6.45) is 2.22. The minimum atomic E-state index is 0.0936. The first-order chi connectivity index (χ1) is 9.56. The smallest absolute Gasteiger partial charge is 0.232 e. The van der Waals surface area contributed by atoms with Gasteiger partial charge in [-0.15, -0.1) is 0 Å². The summed E-state index contributed by atoms with van der Waals surface area (Å²) >= 11 is 0. The number of aromatic nitrogens is 2. The molecule has 0 aromatic carbocycles. The van der Waals surface area contributed by atoms with Gasteiger partial charge in [-0.25, -0.2) is 4.98 Å². The van der Waals surface area contributed by atoms with Gasteiger partial charge in [0.1, 0.15) is 5.82 Å². The van der Waals surface area contributed by atoms with Gasteiger partial charge < -0.3 is 4.90 Å². The fourth-order valence-corrected chi connectivity index (χ4v) is 2.79. The maximum absolute atomic E-state index is 11.7. The minimum Gasteiger partial charge on any atom is -0.338 e. The third-order valence-corrected chi connectivity index (χ3v) is 4.19. The van der Waals surface area contributed by atoms with E-state index in [2.05, 4.69) is 33.6 Å². The van der Waals surface area contributed by atoms with Gasteiger partial charge in [-0.05, 0) is 13.8 Å². The highest BCUT2D eigenvalue weighted by Crippen LogP contribution is 2.26. The molecule has 20 heavy (non-hydrogen) atoms. The molecule has 1 aromatic rings. The van der Waals surface area contributed by atoms with Crippen LogP contribution in [0.1, 0.15) is 19.4 Å². The summed E-state index contributed by atoms with van der Waals surface area (Å²) in [5, 5.41) is 0. The first-order valence-electron chi connectivity index (χ1n) is 7.17. The van der Waals surface area contributed by atoms with Gasteiger partial charge in [-0.1, -0.05) is 0 Å². The van der Waals surface area contributed by atoms with E-state index in [4.69, 9.17) is 0 Å². The van der Waals surface area contributed by atoms with Crippen LogP contribution >= 0.6 is 0 Å². The molecule has 6 nitrogen and oxygen atoms in total. The number of nitrogens with zero attached hydrogens (tertiary/aromatic N) is 5. The van der Waals surface area contributed by atoms with Crippen LogP contribution < -0.4 is 9.80 Å². The molecule has 1 aromatic heterocycles. The van der Waals surface area contributed by atoms with E-state index in [0.717, 1.165) is 43.5 Å². The molecule has 3 heterocycles. The number of likely N-dealkylation sites (N-methyl/N-ethyl adjacent to an activating group) is 1. The number of piperazine rings is 1. The fourth-order valence-electron chi connectivity index (χ4n) is 2.79. The molecule has 0 atom stereocenters. The van der Waals surface area contributed by atoms with Crippen molar-refractivity contribution in [1.29, 1.82) is 0 Å². The Morgan fingerprint density at radius 2 is 1.90 bits per heavy atom. The molecule has 1 saturated heterocycles. The SMILES string of the molecule is CC(C)N1CCN(c2ncc3c(n2)N(C)C(=O)C3)CC1. The maximum Gasteiger partial charge on any atom is 0.232 e. The summed E-state index contributed by atoms with van der Waals surface area (Å²) in [5.41, 5.74) is 0.932. The van der Waals surface area contributed by atoms with Crippen LogP contribution in [0, 0.1) is 0 Å². The zero-order valence-electron chi connectivity index (χ0n) is 12.3. The van der Waals surface area contributed by atoms with Gasteiger partial charge in [0, 0.05) is 51.0 Å². The third-order valence-electron chi connectivity index (χ3n) is 4.19. The van der Waals surface area contributed by atoms with Crippen molar-refractivity contribution in [3.63, 3.8) is 0 Å². The topological polar surface area (TPSA) is 52.6 Å². The number of fused-ring (bicyclic) bond motifs is 1. The highest BCUT2D eigenvalue weighted by Gasteiger charge is 2.28. The van der Waals surface area contributed by atoms with E-state index < -0.39 is 0 Å². The Morgan fingerprint density at radius 1 is 1.20 bits per heavy atom. The Bertz CT molecular complexity index is 522. The zero-order valence-corrected chi connectivity index (χ0v) is 12.3. The summed E-state index contributed by atoms with van der Waals surface area (Å²) < 4.78 is 0. The van der Waals surface area contributed by atoms with E-state index in [1.54, 1.807) is 18.1 Å². The van der Waals surface area contributed by atoms with Crippen LogP contribution in [0.4, 0.5) is 11.8 Å². The van der Waals surface area contributed by atoms with Crippen molar-refractivity contribution >= 4 is 17.7 Å². The first-order valence-corrected chi connectivity index (χ1v) is 7.17. The van der Waals surface area contributed by atoms with E-state index in [1.807, 2.05) is 0 Å². The first kappa shape index (κ1) is 13.3. The monoisotopic (exact) mass is 275 g/mol. The van der Waals surface area contributed by atoms with Crippen molar-refractivity contribution in [3.8, 4) is 0 Å². The maximum atomic E-state index is 11.7. The molecular formula is C14H21N5O. The van der Waals surface area contributed by atoms with Gasteiger partial charge in [-0.3, -0.25) is 14.6 Å². The predicted molar refractivity (Wildman–Crippen MR) is 78.1 cm³/mol. The lowest BCUT2D eigenvalue weighted by atomic mass is 10.2. The van der Waals surface area contributed by atoms with Gasteiger partial charge in [0.05, 0.1) is 6.42 Å². The summed E-state index contributed by atoms with van der Waals surface area (Å²) in [4.78, 5) is 27.0. The molecule has 1 amide bonds. The molecule has 108 valence electrons. The van der Waals surface area contributed by atoms with Crippen LogP contribution in [0.15, 0.2) is 6.20 Å². The van der Waals surface area contributed by atoms with Gasteiger partial charge in [0.2, 0.25) is 11.9 Å². The highest BCUT2D eigenvalue weighted by atomic mass is 16.2. The normalized spacial score (nSPS) is 19.9. The molecule has 0 aliphatic carbocycles. The molecule has 2 aliphatic rings. The van der Waals surface area contributed by atoms with Crippen LogP contribution in [-0.2, 0) is 11.2 Å². The van der Waals surface area contributed by atoms with Crippen molar-refractivity contribution in [1.82, 2.24) is 14.9 Å². The van der Waals surface area contributed by atoms with E-state index in [1.165, 1.54) is 0 Å². The molecule has 6 heteroatoms. The molecule has 0 N–H and O–H groups in total. The van der Waals surface area contributed by atoms with Gasteiger partial charge in [0.15, 0.2) is 0 Å². The predicted octanol–water partition coefficient (Wildman–Crippen LogP) is 0.526. The van der Waals surface area contributed by atoms with Crippen molar-refractivity contribution in [2.24, 2.45) is 0 Å². The molecule has 3 rings (SSSR count). The standard InChI is InChI=1S/C14H21N5O/c1-10(2)18-4-6-19(7-5-18)14-15-9-11-8-12(20)17(3)13(11)16-14/h9-10H,4-8H2,1-3H3. The number of anilines is 2. The Balaban J connectivity index is 1.75. The van der Waals surface area contributed by atoms with E-state index in [-0.39, 0.29) is 5.91 Å². The fraction of sp³-hybridized carbons (Fsp3) is 0.643. The second-order valence-corrected chi connectivity index (χ2v) is 5.77. The molecule has 0 spiro atoms. The van der Waals surface area contributed by atoms with E-state index in [9.17, 15) is 4.79 Å². The lowest BCUT2D eigenvalue weighted by Gasteiger charge is -2.37. The summed E-state index contributed by atoms with van der Waals surface area (Å²) in [7, 11) is 1.78. The molecule has 0 saturated carbocycles. The largest absolute Gasteiger partial charge is 0.338 e. The lowest BCUT2D eigenvalue weighted by Crippen LogP contribution is -2.49.